The van der Waals surface area contributed by atoms with Crippen LogP contribution in [0.2, 0.25) is 0 Å². The van der Waals surface area contributed by atoms with Crippen LogP contribution in [0.3, 0.4) is 0 Å². The fourth-order valence-corrected chi connectivity index (χ4v) is 4.87. The van der Waals surface area contributed by atoms with E-state index in [0.29, 0.717) is 13.1 Å². The first kappa shape index (κ1) is 27.0. The Morgan fingerprint density at radius 2 is 1.39 bits per heavy atom. The summed E-state index contributed by atoms with van der Waals surface area (Å²) in [6.45, 7) is 9.56. The number of hydrogen-bond acceptors (Lipinski definition) is 6. The van der Waals surface area contributed by atoms with Crippen LogP contribution in [-0.2, 0) is 22.4 Å². The van der Waals surface area contributed by atoms with E-state index in [9.17, 15) is 0 Å². The van der Waals surface area contributed by atoms with E-state index in [0.717, 1.165) is 39.2 Å². The summed E-state index contributed by atoms with van der Waals surface area (Å²) < 4.78 is 21.9. The van der Waals surface area contributed by atoms with Crippen LogP contribution in [0.15, 0.2) is 91.6 Å². The van der Waals surface area contributed by atoms with Crippen molar-refractivity contribution in [3.63, 3.8) is 0 Å². The Balaban J connectivity index is 1.14. The highest BCUT2D eigenvalue weighted by Gasteiger charge is 2.52. The van der Waals surface area contributed by atoms with Gasteiger partial charge in [-0.15, -0.1) is 0 Å². The van der Waals surface area contributed by atoms with Gasteiger partial charge < -0.3 is 14.0 Å². The number of rotatable bonds is 8. The molecule has 208 valence electrons. The lowest BCUT2D eigenvalue weighted by atomic mass is 9.82. The fourth-order valence-electron chi connectivity index (χ4n) is 4.87. The summed E-state index contributed by atoms with van der Waals surface area (Å²) in [6, 6.07) is 20.6. The van der Waals surface area contributed by atoms with Crippen LogP contribution in [0.1, 0.15) is 38.8 Å². The molecular weight excluding hydrogens is 513 g/mol. The topological polar surface area (TPSA) is 76.2 Å². The van der Waals surface area contributed by atoms with Crippen molar-refractivity contribution in [2.75, 3.05) is 7.11 Å². The first-order valence-electron chi connectivity index (χ1n) is 13.8. The zero-order valence-corrected chi connectivity index (χ0v) is 24.1. The van der Waals surface area contributed by atoms with E-state index in [1.807, 2.05) is 64.6 Å². The van der Waals surface area contributed by atoms with E-state index in [-0.39, 0.29) is 11.2 Å². The Morgan fingerprint density at radius 1 is 0.756 bits per heavy atom. The average molecular weight is 547 g/mol. The molecule has 8 nitrogen and oxygen atoms in total. The zero-order chi connectivity index (χ0) is 28.6. The van der Waals surface area contributed by atoms with E-state index < -0.39 is 7.12 Å². The average Bonchev–Trinajstić information content (AvgIpc) is 3.67. The molecule has 2 aromatic carbocycles. The van der Waals surface area contributed by atoms with Gasteiger partial charge in [-0.25, -0.2) is 0 Å². The lowest BCUT2D eigenvalue weighted by Crippen LogP contribution is -2.41. The molecule has 0 unspecified atom stereocenters. The standard InChI is InChI=1S/C32H34BN5O3/c1-31(2)32(3,4)41-33(40-31)27-17-36-38(22-27)20-24-11-13-25(14-12-24)29-15-30(39-5)28(18-34-29)26-16-35-37(21-26)19-23-9-7-6-8-10-23/h6-18,21-22H,19-20H2,1-5H3. The first-order valence-corrected chi connectivity index (χ1v) is 13.8. The van der Waals surface area contributed by atoms with Gasteiger partial charge in [0.15, 0.2) is 0 Å². The molecule has 1 saturated heterocycles. The zero-order valence-electron chi connectivity index (χ0n) is 24.1. The van der Waals surface area contributed by atoms with Crippen LogP contribution in [0.25, 0.3) is 22.4 Å². The smallest absolute Gasteiger partial charge is 0.496 e. The molecule has 9 heteroatoms. The normalized spacial score (nSPS) is 15.8. The third kappa shape index (κ3) is 5.55. The molecule has 0 atom stereocenters. The maximum Gasteiger partial charge on any atom is 0.498 e. The van der Waals surface area contributed by atoms with Gasteiger partial charge in [-0.2, -0.15) is 10.2 Å². The molecule has 5 aromatic rings. The molecule has 0 radical (unpaired) electrons. The number of aromatic nitrogens is 5. The molecule has 0 amide bonds. The summed E-state index contributed by atoms with van der Waals surface area (Å²) in [5.74, 6) is 0.755. The van der Waals surface area contributed by atoms with Crippen LogP contribution < -0.4 is 10.2 Å². The lowest BCUT2D eigenvalue weighted by molar-refractivity contribution is 0.00578. The molecule has 0 bridgehead atoms. The highest BCUT2D eigenvalue weighted by molar-refractivity contribution is 6.62. The maximum atomic E-state index is 6.16. The molecule has 1 fully saturated rings. The summed E-state index contributed by atoms with van der Waals surface area (Å²) in [6.07, 6.45) is 9.54. The minimum absolute atomic E-state index is 0.380. The molecule has 1 aliphatic heterocycles. The van der Waals surface area contributed by atoms with Crippen molar-refractivity contribution in [1.29, 1.82) is 0 Å². The Hall–Kier alpha value is -4.21. The van der Waals surface area contributed by atoms with Crippen molar-refractivity contribution < 1.29 is 14.0 Å². The third-order valence-electron chi connectivity index (χ3n) is 7.99. The molecule has 4 heterocycles. The van der Waals surface area contributed by atoms with Crippen LogP contribution in [-0.4, -0.2) is 50.0 Å². The van der Waals surface area contributed by atoms with Gasteiger partial charge in [0.05, 0.1) is 43.3 Å². The summed E-state index contributed by atoms with van der Waals surface area (Å²) in [5.41, 5.74) is 6.21. The Bertz CT molecular complexity index is 1630. The van der Waals surface area contributed by atoms with E-state index in [2.05, 4.69) is 74.3 Å². The molecule has 0 N–H and O–H groups in total. The quantitative estimate of drug-likeness (QED) is 0.248. The number of hydrogen-bond donors (Lipinski definition) is 0. The summed E-state index contributed by atoms with van der Waals surface area (Å²) in [7, 11) is 1.26. The largest absolute Gasteiger partial charge is 0.498 e. The highest BCUT2D eigenvalue weighted by atomic mass is 16.7. The Kier molecular flexibility index (Phi) is 7.01. The molecular formula is C32H34BN5O3. The minimum atomic E-state index is -0.418. The van der Waals surface area contributed by atoms with Crippen LogP contribution >= 0.6 is 0 Å². The molecule has 3 aromatic heterocycles. The van der Waals surface area contributed by atoms with Gasteiger partial charge in [-0.3, -0.25) is 14.3 Å². The van der Waals surface area contributed by atoms with Crippen LogP contribution in [0.4, 0.5) is 0 Å². The molecule has 0 aliphatic carbocycles. The second-order valence-corrected chi connectivity index (χ2v) is 11.4. The van der Waals surface area contributed by atoms with E-state index in [1.54, 1.807) is 7.11 Å². The van der Waals surface area contributed by atoms with Crippen molar-refractivity contribution in [1.82, 2.24) is 24.5 Å². The SMILES string of the molecule is COc1cc(-c2ccc(Cn3cc(B4OC(C)(C)C(C)(C)O4)cn3)cc2)ncc1-c1cnn(Cc2ccccc2)c1. The second kappa shape index (κ2) is 10.6. The second-order valence-electron chi connectivity index (χ2n) is 11.4. The first-order chi connectivity index (χ1) is 19.7. The third-order valence-corrected chi connectivity index (χ3v) is 7.99. The van der Waals surface area contributed by atoms with Gasteiger partial charge in [0, 0.05) is 53.0 Å². The number of ether oxygens (including phenoxy) is 1. The fraction of sp³-hybridized carbons (Fsp3) is 0.281. The Labute approximate surface area is 241 Å². The predicted molar refractivity (Wildman–Crippen MR) is 160 cm³/mol. The van der Waals surface area contributed by atoms with Crippen molar-refractivity contribution in [3.05, 3.63) is 103 Å². The van der Waals surface area contributed by atoms with E-state index in [4.69, 9.17) is 19.0 Å². The number of nitrogens with zero attached hydrogens (tertiary/aromatic N) is 5. The molecule has 1 aliphatic rings. The van der Waals surface area contributed by atoms with Gasteiger partial charge in [-0.05, 0) is 38.8 Å². The monoisotopic (exact) mass is 547 g/mol. The molecule has 0 spiro atoms. The van der Waals surface area contributed by atoms with E-state index >= 15 is 0 Å². The van der Waals surface area contributed by atoms with Gasteiger partial charge in [0.2, 0.25) is 0 Å². The Morgan fingerprint density at radius 3 is 2.07 bits per heavy atom. The predicted octanol–water partition coefficient (Wildman–Crippen LogP) is 5.21. The highest BCUT2D eigenvalue weighted by Crippen LogP contribution is 2.36. The number of benzene rings is 2. The van der Waals surface area contributed by atoms with Crippen molar-refractivity contribution in [2.24, 2.45) is 0 Å². The molecule has 41 heavy (non-hydrogen) atoms. The summed E-state index contributed by atoms with van der Waals surface area (Å²) in [4.78, 5) is 4.75. The van der Waals surface area contributed by atoms with E-state index in [1.165, 1.54) is 5.56 Å². The van der Waals surface area contributed by atoms with Gasteiger partial charge in [0.1, 0.15) is 5.75 Å². The number of pyridine rings is 1. The summed E-state index contributed by atoms with van der Waals surface area (Å²) in [5, 5.41) is 9.08. The molecule has 0 saturated carbocycles. The van der Waals surface area contributed by atoms with Crippen molar-refractivity contribution in [2.45, 2.75) is 52.0 Å². The van der Waals surface area contributed by atoms with Crippen LogP contribution in [0.5, 0.6) is 5.75 Å². The van der Waals surface area contributed by atoms with Gasteiger partial charge >= 0.3 is 7.12 Å². The summed E-state index contributed by atoms with van der Waals surface area (Å²) >= 11 is 0. The van der Waals surface area contributed by atoms with Gasteiger partial charge in [-0.1, -0.05) is 54.6 Å². The molecule has 6 rings (SSSR count). The number of methoxy groups -OCH3 is 1. The van der Waals surface area contributed by atoms with Crippen molar-refractivity contribution >= 4 is 12.6 Å². The maximum absolute atomic E-state index is 6.16. The van der Waals surface area contributed by atoms with Gasteiger partial charge in [0.25, 0.3) is 0 Å². The van der Waals surface area contributed by atoms with Crippen LogP contribution in [0, 0.1) is 0 Å². The minimum Gasteiger partial charge on any atom is -0.496 e. The lowest BCUT2D eigenvalue weighted by Gasteiger charge is -2.32. The van der Waals surface area contributed by atoms with Crippen molar-refractivity contribution in [3.8, 4) is 28.1 Å².